The number of nitrogens with zero attached hydrogens (tertiary/aromatic N) is 2. The summed E-state index contributed by atoms with van der Waals surface area (Å²) in [6.07, 6.45) is 4.79. The van der Waals surface area contributed by atoms with E-state index in [1.807, 2.05) is 12.1 Å². The molecule has 2 aromatic rings. The number of nitrogens with one attached hydrogen (secondary N) is 1. The second kappa shape index (κ2) is 5.30. The van der Waals surface area contributed by atoms with E-state index in [0.717, 1.165) is 25.0 Å². The Hall–Kier alpha value is -2.41. The van der Waals surface area contributed by atoms with Gasteiger partial charge in [0.1, 0.15) is 5.82 Å². The molecule has 0 spiro atoms. The molecule has 0 fully saturated rings. The van der Waals surface area contributed by atoms with E-state index in [4.69, 9.17) is 5.26 Å². The largest absolute Gasteiger partial charge is 0.374 e. The molecule has 1 aliphatic rings. The summed E-state index contributed by atoms with van der Waals surface area (Å²) in [4.78, 5) is 4.42. The predicted octanol–water partition coefficient (Wildman–Crippen LogP) is 3.58. The molecular formula is C16H14FN3. The Bertz CT molecular complexity index is 676. The molecule has 0 saturated heterocycles. The van der Waals surface area contributed by atoms with Gasteiger partial charge in [-0.15, -0.1) is 0 Å². The van der Waals surface area contributed by atoms with E-state index in [1.54, 1.807) is 18.3 Å². The zero-order chi connectivity index (χ0) is 13.9. The molecule has 1 aromatic carbocycles. The van der Waals surface area contributed by atoms with E-state index in [-0.39, 0.29) is 6.04 Å². The number of nitriles is 1. The lowest BCUT2D eigenvalue weighted by atomic mass is 9.91. The molecule has 4 heteroatoms. The normalized spacial score (nSPS) is 17.1. The van der Waals surface area contributed by atoms with Gasteiger partial charge in [0.25, 0.3) is 0 Å². The van der Waals surface area contributed by atoms with Crippen LogP contribution in [0, 0.1) is 17.1 Å². The highest BCUT2D eigenvalue weighted by molar-refractivity contribution is 5.50. The Kier molecular flexibility index (Phi) is 3.34. The summed E-state index contributed by atoms with van der Waals surface area (Å²) in [7, 11) is 0. The topological polar surface area (TPSA) is 48.7 Å². The van der Waals surface area contributed by atoms with Crippen LogP contribution >= 0.6 is 0 Å². The van der Waals surface area contributed by atoms with Crippen LogP contribution in [0.3, 0.4) is 0 Å². The van der Waals surface area contributed by atoms with Crippen LogP contribution in [0.25, 0.3) is 0 Å². The maximum Gasteiger partial charge on any atom is 0.147 e. The van der Waals surface area contributed by atoms with Crippen molar-refractivity contribution < 1.29 is 4.39 Å². The number of rotatable bonds is 2. The van der Waals surface area contributed by atoms with Gasteiger partial charge in [-0.3, -0.25) is 4.98 Å². The van der Waals surface area contributed by atoms with Crippen LogP contribution in [0.5, 0.6) is 0 Å². The lowest BCUT2D eigenvalue weighted by molar-refractivity contribution is 0.573. The minimum atomic E-state index is -0.396. The molecule has 1 atom stereocenters. The Labute approximate surface area is 117 Å². The molecule has 1 heterocycles. The number of fused-ring (bicyclic) bond motifs is 1. The van der Waals surface area contributed by atoms with E-state index >= 15 is 0 Å². The van der Waals surface area contributed by atoms with Crippen molar-refractivity contribution in [2.75, 3.05) is 5.32 Å². The Balaban J connectivity index is 1.88. The van der Waals surface area contributed by atoms with Crippen LogP contribution in [-0.2, 0) is 6.42 Å². The second-order valence-corrected chi connectivity index (χ2v) is 4.94. The monoisotopic (exact) mass is 267 g/mol. The van der Waals surface area contributed by atoms with E-state index in [0.29, 0.717) is 11.3 Å². The number of aryl methyl sites for hydroxylation is 1. The number of aromatic nitrogens is 1. The van der Waals surface area contributed by atoms with Crippen molar-refractivity contribution in [3.63, 3.8) is 0 Å². The summed E-state index contributed by atoms with van der Waals surface area (Å²) < 4.78 is 13.9. The van der Waals surface area contributed by atoms with Gasteiger partial charge in [-0.25, -0.2) is 4.39 Å². The lowest BCUT2D eigenvalue weighted by Crippen LogP contribution is -2.19. The van der Waals surface area contributed by atoms with Gasteiger partial charge >= 0.3 is 0 Å². The third kappa shape index (κ3) is 2.35. The maximum atomic E-state index is 13.9. The second-order valence-electron chi connectivity index (χ2n) is 4.94. The smallest absolute Gasteiger partial charge is 0.147 e. The number of benzene rings is 1. The molecule has 3 rings (SSSR count). The molecular weight excluding hydrogens is 253 g/mol. The highest BCUT2D eigenvalue weighted by atomic mass is 19.1. The first-order valence-electron chi connectivity index (χ1n) is 6.68. The third-order valence-electron chi connectivity index (χ3n) is 3.62. The fourth-order valence-corrected chi connectivity index (χ4v) is 2.64. The summed E-state index contributed by atoms with van der Waals surface area (Å²) in [6, 6.07) is 10.5. The molecule has 0 amide bonds. The van der Waals surface area contributed by atoms with Crippen molar-refractivity contribution in [3.8, 4) is 6.07 Å². The van der Waals surface area contributed by atoms with Crippen molar-refractivity contribution in [2.24, 2.45) is 0 Å². The molecule has 1 unspecified atom stereocenters. The highest BCUT2D eigenvalue weighted by Crippen LogP contribution is 2.31. The zero-order valence-corrected chi connectivity index (χ0v) is 10.9. The highest BCUT2D eigenvalue weighted by Gasteiger charge is 2.21. The Morgan fingerprint density at radius 2 is 2.25 bits per heavy atom. The van der Waals surface area contributed by atoms with Gasteiger partial charge in [0.15, 0.2) is 0 Å². The van der Waals surface area contributed by atoms with Gasteiger partial charge in [-0.05, 0) is 49.1 Å². The van der Waals surface area contributed by atoms with Crippen LogP contribution in [0.1, 0.15) is 35.7 Å². The molecule has 20 heavy (non-hydrogen) atoms. The number of anilines is 1. The molecule has 0 radical (unpaired) electrons. The molecule has 1 aromatic heterocycles. The van der Waals surface area contributed by atoms with Crippen molar-refractivity contribution in [1.29, 1.82) is 5.26 Å². The van der Waals surface area contributed by atoms with Gasteiger partial charge in [-0.1, -0.05) is 6.07 Å². The summed E-state index contributed by atoms with van der Waals surface area (Å²) in [5.41, 5.74) is 2.98. The zero-order valence-electron chi connectivity index (χ0n) is 10.9. The minimum absolute atomic E-state index is 0.0300. The van der Waals surface area contributed by atoms with Gasteiger partial charge in [0, 0.05) is 6.20 Å². The summed E-state index contributed by atoms with van der Waals surface area (Å²) >= 11 is 0. The molecule has 0 bridgehead atoms. The third-order valence-corrected chi connectivity index (χ3v) is 3.62. The Morgan fingerprint density at radius 1 is 1.35 bits per heavy atom. The number of halogens is 1. The van der Waals surface area contributed by atoms with Crippen molar-refractivity contribution in [2.45, 2.75) is 25.3 Å². The van der Waals surface area contributed by atoms with Crippen LogP contribution in [0.15, 0.2) is 36.5 Å². The summed E-state index contributed by atoms with van der Waals surface area (Å²) in [5, 5.41) is 12.0. The number of pyridine rings is 1. The molecule has 0 aliphatic heterocycles. The van der Waals surface area contributed by atoms with Gasteiger partial charge in [-0.2, -0.15) is 5.26 Å². The average Bonchev–Trinajstić information content (AvgIpc) is 2.49. The van der Waals surface area contributed by atoms with Crippen molar-refractivity contribution in [1.82, 2.24) is 4.98 Å². The van der Waals surface area contributed by atoms with Crippen molar-refractivity contribution >= 4 is 5.69 Å². The molecule has 0 saturated carbocycles. The quantitative estimate of drug-likeness (QED) is 0.904. The predicted molar refractivity (Wildman–Crippen MR) is 74.7 cm³/mol. The average molecular weight is 267 g/mol. The number of hydrogen-bond acceptors (Lipinski definition) is 3. The van der Waals surface area contributed by atoms with Crippen LogP contribution < -0.4 is 5.32 Å². The van der Waals surface area contributed by atoms with E-state index in [2.05, 4.69) is 16.4 Å². The first-order chi connectivity index (χ1) is 9.78. The Morgan fingerprint density at radius 3 is 3.05 bits per heavy atom. The van der Waals surface area contributed by atoms with Gasteiger partial charge < -0.3 is 5.32 Å². The SMILES string of the molecule is N#Cc1ccc(NC2CCCc3cccnc32)c(F)c1. The summed E-state index contributed by atoms with van der Waals surface area (Å²) in [5.74, 6) is -0.396. The van der Waals surface area contributed by atoms with E-state index < -0.39 is 5.82 Å². The first kappa shape index (κ1) is 12.6. The lowest BCUT2D eigenvalue weighted by Gasteiger charge is -2.26. The minimum Gasteiger partial charge on any atom is -0.374 e. The van der Waals surface area contributed by atoms with Crippen molar-refractivity contribution in [3.05, 3.63) is 59.2 Å². The van der Waals surface area contributed by atoms with Crippen LogP contribution in [-0.4, -0.2) is 4.98 Å². The fraction of sp³-hybridized carbons (Fsp3) is 0.250. The molecule has 100 valence electrons. The van der Waals surface area contributed by atoms with Crippen LogP contribution in [0.2, 0.25) is 0 Å². The first-order valence-corrected chi connectivity index (χ1v) is 6.68. The van der Waals surface area contributed by atoms with E-state index in [1.165, 1.54) is 11.6 Å². The number of hydrogen-bond donors (Lipinski definition) is 1. The maximum absolute atomic E-state index is 13.9. The molecule has 1 N–H and O–H groups in total. The van der Waals surface area contributed by atoms with Gasteiger partial charge in [0.05, 0.1) is 29.1 Å². The fourth-order valence-electron chi connectivity index (χ4n) is 2.64. The molecule has 3 nitrogen and oxygen atoms in total. The standard InChI is InChI=1S/C16H14FN3/c17-13-9-11(10-18)6-7-14(13)20-15-5-1-3-12-4-2-8-19-16(12)15/h2,4,6-9,15,20H,1,3,5H2. The van der Waals surface area contributed by atoms with Gasteiger partial charge in [0.2, 0.25) is 0 Å². The van der Waals surface area contributed by atoms with Crippen LogP contribution in [0.4, 0.5) is 10.1 Å². The summed E-state index contributed by atoms with van der Waals surface area (Å²) in [6.45, 7) is 0. The molecule has 1 aliphatic carbocycles. The van der Waals surface area contributed by atoms with E-state index in [9.17, 15) is 4.39 Å².